The van der Waals surface area contributed by atoms with E-state index in [1.165, 1.54) is 0 Å². The Morgan fingerprint density at radius 1 is 1.30 bits per heavy atom. The van der Waals surface area contributed by atoms with Crippen molar-refractivity contribution in [2.24, 2.45) is 0 Å². The summed E-state index contributed by atoms with van der Waals surface area (Å²) >= 11 is 0. The van der Waals surface area contributed by atoms with Gasteiger partial charge < -0.3 is 19.7 Å². The number of carbonyl (C=O) groups is 2. The van der Waals surface area contributed by atoms with Crippen molar-refractivity contribution in [1.29, 1.82) is 0 Å². The van der Waals surface area contributed by atoms with Crippen molar-refractivity contribution in [2.45, 2.75) is 6.42 Å². The Morgan fingerprint density at radius 3 is 3.00 bits per heavy atom. The standard InChI is InChI=1S/C14H16N2O4/c17-13(15-5-6-16-7-9-20-14(16)18)11-3-1-2-10-4-8-19-12(10)11/h1-3H,4-9H2,(H,15,17). The molecule has 0 aromatic heterocycles. The first-order valence-corrected chi connectivity index (χ1v) is 6.70. The minimum absolute atomic E-state index is 0.170. The largest absolute Gasteiger partial charge is 0.492 e. The third-order valence-corrected chi connectivity index (χ3v) is 3.47. The van der Waals surface area contributed by atoms with E-state index in [2.05, 4.69) is 5.32 Å². The molecule has 1 aromatic rings. The van der Waals surface area contributed by atoms with Crippen molar-refractivity contribution in [3.8, 4) is 5.75 Å². The zero-order valence-electron chi connectivity index (χ0n) is 11.1. The van der Waals surface area contributed by atoms with Crippen LogP contribution < -0.4 is 10.1 Å². The van der Waals surface area contributed by atoms with Crippen molar-refractivity contribution >= 4 is 12.0 Å². The monoisotopic (exact) mass is 276 g/mol. The second kappa shape index (κ2) is 5.40. The molecular formula is C14H16N2O4. The third-order valence-electron chi connectivity index (χ3n) is 3.47. The van der Waals surface area contributed by atoms with Gasteiger partial charge in [-0.1, -0.05) is 12.1 Å². The van der Waals surface area contributed by atoms with E-state index < -0.39 is 0 Å². The summed E-state index contributed by atoms with van der Waals surface area (Å²) in [6.07, 6.45) is 0.527. The summed E-state index contributed by atoms with van der Waals surface area (Å²) in [6, 6.07) is 5.59. The van der Waals surface area contributed by atoms with Gasteiger partial charge >= 0.3 is 6.09 Å². The molecule has 6 nitrogen and oxygen atoms in total. The molecule has 0 aliphatic carbocycles. The average molecular weight is 276 g/mol. The van der Waals surface area contributed by atoms with Gasteiger partial charge in [0.2, 0.25) is 0 Å². The fourth-order valence-electron chi connectivity index (χ4n) is 2.42. The molecule has 1 aromatic carbocycles. The predicted octanol–water partition coefficient (Wildman–Crippen LogP) is 0.803. The Morgan fingerprint density at radius 2 is 2.20 bits per heavy atom. The lowest BCUT2D eigenvalue weighted by Gasteiger charge is -2.13. The van der Waals surface area contributed by atoms with Gasteiger partial charge in [-0.15, -0.1) is 0 Å². The van der Waals surface area contributed by atoms with Crippen molar-refractivity contribution in [1.82, 2.24) is 10.2 Å². The lowest BCUT2D eigenvalue weighted by molar-refractivity contribution is 0.0945. The Hall–Kier alpha value is -2.24. The number of nitrogens with zero attached hydrogens (tertiary/aromatic N) is 1. The highest BCUT2D eigenvalue weighted by molar-refractivity contribution is 5.97. The van der Waals surface area contributed by atoms with E-state index in [1.807, 2.05) is 12.1 Å². The molecule has 1 fully saturated rings. The van der Waals surface area contributed by atoms with Gasteiger partial charge in [0, 0.05) is 19.5 Å². The zero-order chi connectivity index (χ0) is 13.9. The van der Waals surface area contributed by atoms with Crippen LogP contribution in [0, 0.1) is 0 Å². The maximum Gasteiger partial charge on any atom is 0.409 e. The molecule has 2 amide bonds. The van der Waals surface area contributed by atoms with E-state index in [0.29, 0.717) is 44.2 Å². The number of amides is 2. The maximum atomic E-state index is 12.1. The molecule has 0 atom stereocenters. The van der Waals surface area contributed by atoms with Crippen LogP contribution in [0.25, 0.3) is 0 Å². The van der Waals surface area contributed by atoms with E-state index >= 15 is 0 Å². The molecule has 2 aliphatic rings. The summed E-state index contributed by atoms with van der Waals surface area (Å²) in [4.78, 5) is 25.0. The maximum absolute atomic E-state index is 12.1. The van der Waals surface area contributed by atoms with Gasteiger partial charge in [0.15, 0.2) is 0 Å². The van der Waals surface area contributed by atoms with E-state index in [-0.39, 0.29) is 12.0 Å². The molecule has 20 heavy (non-hydrogen) atoms. The van der Waals surface area contributed by atoms with Gasteiger partial charge in [-0.25, -0.2) is 4.79 Å². The molecule has 106 valence electrons. The highest BCUT2D eigenvalue weighted by Crippen LogP contribution is 2.29. The summed E-state index contributed by atoms with van der Waals surface area (Å²) in [7, 11) is 0. The Bertz CT molecular complexity index is 544. The molecule has 1 N–H and O–H groups in total. The fourth-order valence-corrected chi connectivity index (χ4v) is 2.42. The van der Waals surface area contributed by atoms with Crippen LogP contribution in [0.1, 0.15) is 15.9 Å². The first-order chi connectivity index (χ1) is 9.75. The van der Waals surface area contributed by atoms with Crippen LogP contribution in [-0.2, 0) is 11.2 Å². The second-order valence-electron chi connectivity index (χ2n) is 4.75. The summed E-state index contributed by atoms with van der Waals surface area (Å²) in [5.74, 6) is 0.516. The van der Waals surface area contributed by atoms with Gasteiger partial charge in [0.1, 0.15) is 12.4 Å². The molecular weight excluding hydrogens is 260 g/mol. The highest BCUT2D eigenvalue weighted by atomic mass is 16.6. The zero-order valence-corrected chi connectivity index (χ0v) is 11.1. The van der Waals surface area contributed by atoms with Gasteiger partial charge in [0.25, 0.3) is 5.91 Å². The third kappa shape index (κ3) is 2.41. The van der Waals surface area contributed by atoms with E-state index in [0.717, 1.165) is 12.0 Å². The van der Waals surface area contributed by atoms with Crippen LogP contribution in [0.2, 0.25) is 0 Å². The number of benzene rings is 1. The van der Waals surface area contributed by atoms with Crippen LogP contribution in [0.15, 0.2) is 18.2 Å². The Labute approximate surface area is 116 Å². The minimum atomic E-state index is -0.316. The normalized spacial score (nSPS) is 16.6. The quantitative estimate of drug-likeness (QED) is 0.883. The number of fused-ring (bicyclic) bond motifs is 1. The Kier molecular flexibility index (Phi) is 3.45. The Balaban J connectivity index is 1.57. The number of hydrogen-bond acceptors (Lipinski definition) is 4. The van der Waals surface area contributed by atoms with E-state index in [9.17, 15) is 9.59 Å². The fraction of sp³-hybridized carbons (Fsp3) is 0.429. The van der Waals surface area contributed by atoms with Crippen molar-refractivity contribution in [2.75, 3.05) is 32.8 Å². The van der Waals surface area contributed by atoms with E-state index in [4.69, 9.17) is 9.47 Å². The smallest absolute Gasteiger partial charge is 0.409 e. The predicted molar refractivity (Wildman–Crippen MR) is 70.9 cm³/mol. The van der Waals surface area contributed by atoms with Crippen molar-refractivity contribution < 1.29 is 19.1 Å². The first kappa shape index (κ1) is 12.8. The van der Waals surface area contributed by atoms with Crippen LogP contribution in [0.3, 0.4) is 0 Å². The summed E-state index contributed by atoms with van der Waals surface area (Å²) in [5, 5.41) is 2.81. The summed E-state index contributed by atoms with van der Waals surface area (Å²) in [5.41, 5.74) is 1.63. The average Bonchev–Trinajstić information content (AvgIpc) is 3.07. The van der Waals surface area contributed by atoms with Gasteiger partial charge in [-0.2, -0.15) is 0 Å². The number of hydrogen-bond donors (Lipinski definition) is 1. The number of carbonyl (C=O) groups excluding carboxylic acids is 2. The highest BCUT2D eigenvalue weighted by Gasteiger charge is 2.23. The number of cyclic esters (lactones) is 1. The van der Waals surface area contributed by atoms with Gasteiger partial charge in [-0.3, -0.25) is 4.79 Å². The molecule has 2 heterocycles. The topological polar surface area (TPSA) is 67.9 Å². The molecule has 0 unspecified atom stereocenters. The second-order valence-corrected chi connectivity index (χ2v) is 4.75. The van der Waals surface area contributed by atoms with Gasteiger partial charge in [-0.05, 0) is 11.6 Å². The van der Waals surface area contributed by atoms with Crippen LogP contribution in [0.4, 0.5) is 4.79 Å². The molecule has 6 heteroatoms. The van der Waals surface area contributed by atoms with Crippen molar-refractivity contribution in [3.63, 3.8) is 0 Å². The molecule has 0 saturated carbocycles. The first-order valence-electron chi connectivity index (χ1n) is 6.70. The number of nitrogens with one attached hydrogen (secondary N) is 1. The summed E-state index contributed by atoms with van der Waals surface area (Å²) in [6.45, 7) is 2.49. The molecule has 2 aliphatic heterocycles. The SMILES string of the molecule is O=C(NCCN1CCOC1=O)c1cccc2c1OCC2. The van der Waals surface area contributed by atoms with Gasteiger partial charge in [0.05, 0.1) is 18.7 Å². The molecule has 1 saturated heterocycles. The molecule has 3 rings (SSSR count). The minimum Gasteiger partial charge on any atom is -0.492 e. The van der Waals surface area contributed by atoms with Crippen LogP contribution >= 0.6 is 0 Å². The molecule has 0 radical (unpaired) electrons. The number of para-hydroxylation sites is 1. The lowest BCUT2D eigenvalue weighted by Crippen LogP contribution is -2.35. The summed E-state index contributed by atoms with van der Waals surface area (Å²) < 4.78 is 10.3. The number of rotatable bonds is 4. The van der Waals surface area contributed by atoms with E-state index in [1.54, 1.807) is 11.0 Å². The molecule has 0 bridgehead atoms. The number of ether oxygens (including phenoxy) is 2. The molecule has 0 spiro atoms. The lowest BCUT2D eigenvalue weighted by atomic mass is 10.1. The van der Waals surface area contributed by atoms with Crippen molar-refractivity contribution in [3.05, 3.63) is 29.3 Å². The van der Waals surface area contributed by atoms with Crippen LogP contribution in [0.5, 0.6) is 5.75 Å². The van der Waals surface area contributed by atoms with Crippen LogP contribution in [-0.4, -0.2) is 49.7 Å².